The van der Waals surface area contributed by atoms with Crippen LogP contribution in [-0.2, 0) is 26.2 Å². The summed E-state index contributed by atoms with van der Waals surface area (Å²) in [6.07, 6.45) is 5.81. The van der Waals surface area contributed by atoms with Gasteiger partial charge in [0, 0.05) is 25.1 Å². The average molecular weight is 531 g/mol. The molecule has 7 nitrogen and oxygen atoms in total. The number of phenolic OH excluding ortho intramolecular Hbond substituents is 1. The van der Waals surface area contributed by atoms with E-state index in [-0.39, 0.29) is 35.6 Å². The minimum atomic E-state index is -0.786. The SMILES string of the molecule is CC(=O)O[C@@]12CC[C@@H](N(CC(C)C)C(=O)C=Cc3ccccc3)[C@@H]3Oc4c(O)ccc5c4[C@@]31CCN(C)[C@@H]2C5. The quantitative estimate of drug-likeness (QED) is 0.443. The molecule has 1 N–H and O–H groups in total. The van der Waals surface area contributed by atoms with Crippen LogP contribution in [0.15, 0.2) is 48.5 Å². The van der Waals surface area contributed by atoms with Gasteiger partial charge in [-0.15, -0.1) is 0 Å². The molecule has 2 heterocycles. The zero-order valence-electron chi connectivity index (χ0n) is 23.2. The number of phenols is 1. The second-order valence-electron chi connectivity index (χ2n) is 12.1. The first-order chi connectivity index (χ1) is 18.7. The Kier molecular flexibility index (Phi) is 6.25. The largest absolute Gasteiger partial charge is 0.504 e. The Morgan fingerprint density at radius 1 is 1.21 bits per heavy atom. The zero-order valence-corrected chi connectivity index (χ0v) is 23.2. The first-order valence-corrected chi connectivity index (χ1v) is 14.1. The van der Waals surface area contributed by atoms with Crippen LogP contribution in [0, 0.1) is 5.92 Å². The number of rotatable bonds is 6. The van der Waals surface area contributed by atoms with E-state index < -0.39 is 17.1 Å². The maximum atomic E-state index is 13.9. The van der Waals surface area contributed by atoms with E-state index in [9.17, 15) is 14.7 Å². The first kappa shape index (κ1) is 25.9. The van der Waals surface area contributed by atoms with Crippen LogP contribution in [0.2, 0.25) is 0 Å². The number of piperidine rings is 1. The van der Waals surface area contributed by atoms with E-state index in [1.807, 2.05) is 47.4 Å². The predicted octanol–water partition coefficient (Wildman–Crippen LogP) is 4.31. The van der Waals surface area contributed by atoms with Crippen molar-refractivity contribution in [3.05, 3.63) is 65.2 Å². The average Bonchev–Trinajstić information content (AvgIpc) is 3.26. The third kappa shape index (κ3) is 3.80. The lowest BCUT2D eigenvalue weighted by Crippen LogP contribution is -2.79. The Labute approximate surface area is 230 Å². The molecule has 6 rings (SSSR count). The van der Waals surface area contributed by atoms with Crippen molar-refractivity contribution in [1.29, 1.82) is 0 Å². The van der Waals surface area contributed by atoms with Crippen molar-refractivity contribution < 1.29 is 24.2 Å². The second kappa shape index (κ2) is 9.40. The number of aromatic hydroxyl groups is 1. The molecule has 2 aromatic carbocycles. The van der Waals surface area contributed by atoms with E-state index in [2.05, 4.69) is 25.8 Å². The summed E-state index contributed by atoms with van der Waals surface area (Å²) < 4.78 is 13.2. The zero-order chi connectivity index (χ0) is 27.5. The van der Waals surface area contributed by atoms with Gasteiger partial charge in [-0.25, -0.2) is 0 Å². The van der Waals surface area contributed by atoms with Gasteiger partial charge >= 0.3 is 5.97 Å². The highest BCUT2D eigenvalue weighted by Gasteiger charge is 2.75. The summed E-state index contributed by atoms with van der Waals surface area (Å²) in [5.74, 6) is 0.501. The summed E-state index contributed by atoms with van der Waals surface area (Å²) in [6, 6.07) is 13.3. The van der Waals surface area contributed by atoms with Crippen LogP contribution in [0.4, 0.5) is 0 Å². The summed E-state index contributed by atoms with van der Waals surface area (Å²) >= 11 is 0. The van der Waals surface area contributed by atoms with Gasteiger partial charge in [0.1, 0.15) is 11.7 Å². The molecule has 2 bridgehead atoms. The third-order valence-electron chi connectivity index (χ3n) is 9.45. The van der Waals surface area contributed by atoms with Gasteiger partial charge in [-0.1, -0.05) is 50.2 Å². The Balaban J connectivity index is 1.47. The standard InChI is InChI=1S/C32H38N2O5/c1-20(2)19-34(27(37)13-10-22-8-6-5-7-9-22)24-14-15-32(39-21(3)35)26-18-23-11-12-25(36)29-28(23)31(32,30(24)38-29)16-17-33(26)4/h5-13,20,24,26,30,36H,14-19H2,1-4H3/t24-,26-,30+,31+,32-/m1/s1. The number of amides is 1. The van der Waals surface area contributed by atoms with E-state index in [1.165, 1.54) is 6.92 Å². The molecule has 0 radical (unpaired) electrons. The fraction of sp³-hybridized carbons (Fsp3) is 0.500. The summed E-state index contributed by atoms with van der Waals surface area (Å²) in [6.45, 7) is 7.12. The smallest absolute Gasteiger partial charge is 0.303 e. The lowest BCUT2D eigenvalue weighted by atomic mass is 9.48. The Hall–Kier alpha value is -3.32. The van der Waals surface area contributed by atoms with Gasteiger partial charge in [0.2, 0.25) is 5.91 Å². The molecule has 2 fully saturated rings. The molecule has 5 atom stereocenters. The molecule has 1 spiro atoms. The fourth-order valence-corrected chi connectivity index (χ4v) is 8.09. The molecule has 1 amide bonds. The number of hydrogen-bond donors (Lipinski definition) is 1. The van der Waals surface area contributed by atoms with Crippen molar-refractivity contribution in [2.24, 2.45) is 5.92 Å². The van der Waals surface area contributed by atoms with Crippen LogP contribution >= 0.6 is 0 Å². The number of benzene rings is 2. The number of ether oxygens (including phenoxy) is 2. The number of likely N-dealkylation sites (N-methyl/N-ethyl adjacent to an activating group) is 1. The summed E-state index contributed by atoms with van der Waals surface area (Å²) in [5.41, 5.74) is 1.66. The minimum Gasteiger partial charge on any atom is -0.504 e. The number of likely N-dealkylation sites (tertiary alicyclic amines) is 1. The maximum absolute atomic E-state index is 13.9. The third-order valence-corrected chi connectivity index (χ3v) is 9.45. The highest BCUT2D eigenvalue weighted by Crippen LogP contribution is 2.67. The fourth-order valence-electron chi connectivity index (χ4n) is 8.09. The van der Waals surface area contributed by atoms with Crippen LogP contribution in [0.3, 0.4) is 0 Å². The molecule has 0 aromatic heterocycles. The molecule has 2 aliphatic carbocycles. The highest BCUT2D eigenvalue weighted by molar-refractivity contribution is 5.92. The molecule has 0 unspecified atom stereocenters. The maximum Gasteiger partial charge on any atom is 0.303 e. The topological polar surface area (TPSA) is 79.3 Å². The monoisotopic (exact) mass is 530 g/mol. The molecule has 206 valence electrons. The van der Waals surface area contributed by atoms with E-state index in [4.69, 9.17) is 9.47 Å². The van der Waals surface area contributed by atoms with E-state index in [0.717, 1.165) is 36.1 Å². The summed E-state index contributed by atoms with van der Waals surface area (Å²) in [7, 11) is 2.11. The molecule has 1 saturated heterocycles. The van der Waals surface area contributed by atoms with Crippen molar-refractivity contribution in [2.75, 3.05) is 20.1 Å². The van der Waals surface area contributed by atoms with Crippen LogP contribution in [0.5, 0.6) is 11.5 Å². The normalized spacial score (nSPS) is 30.6. The van der Waals surface area contributed by atoms with Crippen LogP contribution in [-0.4, -0.2) is 70.7 Å². The van der Waals surface area contributed by atoms with Gasteiger partial charge in [0.25, 0.3) is 0 Å². The Morgan fingerprint density at radius 3 is 2.69 bits per heavy atom. The number of nitrogens with zero attached hydrogens (tertiary/aromatic N) is 2. The number of hydrogen-bond acceptors (Lipinski definition) is 6. The van der Waals surface area contributed by atoms with Crippen LogP contribution < -0.4 is 4.74 Å². The lowest BCUT2D eigenvalue weighted by Gasteiger charge is -2.65. The molecular formula is C32H38N2O5. The molecule has 7 heteroatoms. The van der Waals surface area contributed by atoms with Gasteiger partial charge in [-0.05, 0) is 68.5 Å². The second-order valence-corrected chi connectivity index (χ2v) is 12.1. The van der Waals surface area contributed by atoms with Crippen LogP contribution in [0.1, 0.15) is 56.7 Å². The molecule has 2 aliphatic heterocycles. The predicted molar refractivity (Wildman–Crippen MR) is 148 cm³/mol. The highest BCUT2D eigenvalue weighted by atomic mass is 16.6. The van der Waals surface area contributed by atoms with Gasteiger partial charge in [0.05, 0.1) is 17.5 Å². The first-order valence-electron chi connectivity index (χ1n) is 14.1. The molecule has 39 heavy (non-hydrogen) atoms. The van der Waals surface area contributed by atoms with E-state index in [1.54, 1.807) is 12.1 Å². The molecule has 2 aromatic rings. The van der Waals surface area contributed by atoms with Gasteiger partial charge < -0.3 is 19.5 Å². The summed E-state index contributed by atoms with van der Waals surface area (Å²) in [5, 5.41) is 11.0. The van der Waals surface area contributed by atoms with Gasteiger partial charge in [-0.3, -0.25) is 14.5 Å². The van der Waals surface area contributed by atoms with Crippen molar-refractivity contribution in [3.8, 4) is 11.5 Å². The van der Waals surface area contributed by atoms with E-state index in [0.29, 0.717) is 25.1 Å². The number of carbonyl (C=O) groups is 2. The number of esters is 1. The van der Waals surface area contributed by atoms with Crippen molar-refractivity contribution in [1.82, 2.24) is 9.80 Å². The number of carbonyl (C=O) groups excluding carboxylic acids is 2. The molecular weight excluding hydrogens is 492 g/mol. The van der Waals surface area contributed by atoms with Crippen molar-refractivity contribution in [3.63, 3.8) is 0 Å². The molecule has 1 saturated carbocycles. The van der Waals surface area contributed by atoms with Crippen LogP contribution in [0.25, 0.3) is 6.08 Å². The minimum absolute atomic E-state index is 0.00239. The Morgan fingerprint density at radius 2 is 1.97 bits per heavy atom. The Bertz CT molecular complexity index is 1320. The summed E-state index contributed by atoms with van der Waals surface area (Å²) in [4.78, 5) is 30.8. The van der Waals surface area contributed by atoms with Gasteiger partial charge in [0.15, 0.2) is 11.5 Å². The lowest BCUT2D eigenvalue weighted by molar-refractivity contribution is -0.221. The van der Waals surface area contributed by atoms with E-state index >= 15 is 0 Å². The van der Waals surface area contributed by atoms with Crippen molar-refractivity contribution >= 4 is 18.0 Å². The van der Waals surface area contributed by atoms with Crippen molar-refractivity contribution in [2.45, 2.75) is 75.7 Å². The molecule has 4 aliphatic rings. The van der Waals surface area contributed by atoms with Gasteiger partial charge in [-0.2, -0.15) is 0 Å².